The summed E-state index contributed by atoms with van der Waals surface area (Å²) in [5.41, 5.74) is 1.41. The van der Waals surface area contributed by atoms with Crippen LogP contribution in [-0.2, 0) is 17.5 Å². The molecule has 11 heteroatoms. The number of halogens is 3. The van der Waals surface area contributed by atoms with Crippen LogP contribution in [-0.4, -0.2) is 49.6 Å². The SMILES string of the molecule is CC(C)(C)OC(=O)N1CCC(c2nc(-c3cccc(C(F)(F)F)c3)c(-c3ccnc(NCc4ccccc4)n3)[nH]2)CC1. The Morgan fingerprint density at radius 3 is 2.45 bits per heavy atom. The molecule has 1 amide bonds. The van der Waals surface area contributed by atoms with E-state index >= 15 is 0 Å². The third-order valence-electron chi connectivity index (χ3n) is 6.92. The molecule has 0 atom stereocenters. The van der Waals surface area contributed by atoms with Crippen molar-refractivity contribution in [2.75, 3.05) is 18.4 Å². The van der Waals surface area contributed by atoms with Gasteiger partial charge >= 0.3 is 12.3 Å². The normalized spacial score (nSPS) is 14.6. The van der Waals surface area contributed by atoms with Gasteiger partial charge in [-0.1, -0.05) is 42.5 Å². The third kappa shape index (κ3) is 7.07. The maximum absolute atomic E-state index is 13.6. The second kappa shape index (κ2) is 11.8. The number of nitrogens with one attached hydrogen (secondary N) is 2. The molecule has 8 nitrogen and oxygen atoms in total. The second-order valence-electron chi connectivity index (χ2n) is 11.3. The molecule has 0 spiro atoms. The summed E-state index contributed by atoms with van der Waals surface area (Å²) in [6.45, 7) is 6.95. The number of aromatic amines is 1. The van der Waals surface area contributed by atoms with Gasteiger partial charge in [-0.3, -0.25) is 0 Å². The number of carbonyl (C=O) groups is 1. The van der Waals surface area contributed by atoms with Gasteiger partial charge in [0.15, 0.2) is 0 Å². The molecule has 1 saturated heterocycles. The number of alkyl halides is 3. The van der Waals surface area contributed by atoms with Gasteiger partial charge in [0, 0.05) is 37.3 Å². The molecule has 0 unspecified atom stereocenters. The zero-order chi connectivity index (χ0) is 29.9. The molecule has 4 aromatic rings. The Hall–Kier alpha value is -4.41. The monoisotopic (exact) mass is 578 g/mol. The largest absolute Gasteiger partial charge is 0.444 e. The maximum atomic E-state index is 13.6. The molecule has 2 aromatic carbocycles. The Bertz CT molecular complexity index is 1520. The zero-order valence-electron chi connectivity index (χ0n) is 23.7. The molecule has 0 saturated carbocycles. The van der Waals surface area contributed by atoms with Gasteiger partial charge in [-0.25, -0.2) is 19.7 Å². The number of carbonyl (C=O) groups excluding carboxylic acids is 1. The molecule has 3 heterocycles. The summed E-state index contributed by atoms with van der Waals surface area (Å²) < 4.78 is 46.3. The number of rotatable bonds is 6. The molecule has 1 fully saturated rings. The first-order valence-electron chi connectivity index (χ1n) is 13.8. The van der Waals surface area contributed by atoms with E-state index in [1.54, 1.807) is 23.2 Å². The Morgan fingerprint density at radius 2 is 1.76 bits per heavy atom. The van der Waals surface area contributed by atoms with E-state index in [0.29, 0.717) is 66.9 Å². The predicted octanol–water partition coefficient (Wildman–Crippen LogP) is 7.28. The zero-order valence-corrected chi connectivity index (χ0v) is 23.7. The summed E-state index contributed by atoms with van der Waals surface area (Å²) >= 11 is 0. The summed E-state index contributed by atoms with van der Waals surface area (Å²) in [6, 6.07) is 16.6. The Kier molecular flexibility index (Phi) is 8.20. The van der Waals surface area contributed by atoms with Crippen molar-refractivity contribution >= 4 is 12.0 Å². The molecule has 2 aromatic heterocycles. The summed E-state index contributed by atoms with van der Waals surface area (Å²) in [7, 11) is 0. The van der Waals surface area contributed by atoms with E-state index < -0.39 is 17.3 Å². The smallest absolute Gasteiger partial charge is 0.416 e. The highest BCUT2D eigenvalue weighted by Gasteiger charge is 2.32. The van der Waals surface area contributed by atoms with Crippen molar-refractivity contribution in [3.63, 3.8) is 0 Å². The number of likely N-dealkylation sites (tertiary alicyclic amines) is 1. The molecule has 0 bridgehead atoms. The van der Waals surface area contributed by atoms with Gasteiger partial charge in [-0.2, -0.15) is 13.2 Å². The number of imidazole rings is 1. The maximum Gasteiger partial charge on any atom is 0.416 e. The fourth-order valence-electron chi connectivity index (χ4n) is 4.84. The summed E-state index contributed by atoms with van der Waals surface area (Å²) in [5, 5.41) is 3.21. The first-order chi connectivity index (χ1) is 20.0. The first kappa shape index (κ1) is 29.1. The fraction of sp³-hybridized carbons (Fsp3) is 0.355. The lowest BCUT2D eigenvalue weighted by molar-refractivity contribution is -0.137. The number of aromatic nitrogens is 4. The number of benzene rings is 2. The molecule has 1 aliphatic rings. The molecule has 42 heavy (non-hydrogen) atoms. The molecule has 2 N–H and O–H groups in total. The Balaban J connectivity index is 1.44. The third-order valence-corrected chi connectivity index (χ3v) is 6.92. The van der Waals surface area contributed by atoms with Crippen LogP contribution in [0.25, 0.3) is 22.6 Å². The predicted molar refractivity (Wildman–Crippen MR) is 154 cm³/mol. The first-order valence-corrected chi connectivity index (χ1v) is 13.8. The standard InChI is InChI=1S/C31H33F3N6O2/c1-30(2,3)42-29(41)40-16-13-21(14-17-40)27-38-25(22-10-7-11-23(18-22)31(32,33)34)26(39-27)24-12-15-35-28(37-24)36-19-20-8-5-4-6-9-20/h4-12,15,18,21H,13-14,16-17,19H2,1-3H3,(H,38,39)(H,35,36,37). The summed E-state index contributed by atoms with van der Waals surface area (Å²) in [5.74, 6) is 0.992. The lowest BCUT2D eigenvalue weighted by Crippen LogP contribution is -2.41. The quantitative estimate of drug-likeness (QED) is 0.250. The van der Waals surface area contributed by atoms with E-state index in [1.165, 1.54) is 6.07 Å². The Labute approximate surface area is 242 Å². The van der Waals surface area contributed by atoms with Crippen molar-refractivity contribution in [2.45, 2.75) is 57.9 Å². The van der Waals surface area contributed by atoms with Crippen molar-refractivity contribution in [1.82, 2.24) is 24.8 Å². The molecule has 1 aliphatic heterocycles. The van der Waals surface area contributed by atoms with Crippen LogP contribution < -0.4 is 5.32 Å². The number of anilines is 1. The van der Waals surface area contributed by atoms with E-state index in [0.717, 1.165) is 17.7 Å². The van der Waals surface area contributed by atoms with Crippen LogP contribution in [0, 0.1) is 0 Å². The summed E-state index contributed by atoms with van der Waals surface area (Å²) in [6.07, 6.45) is -2.00. The molecule has 220 valence electrons. The average molecular weight is 579 g/mol. The fourth-order valence-corrected chi connectivity index (χ4v) is 4.84. The van der Waals surface area contributed by atoms with Gasteiger partial charge in [-0.15, -0.1) is 0 Å². The number of H-pyrrole nitrogens is 1. The van der Waals surface area contributed by atoms with E-state index in [-0.39, 0.29) is 12.0 Å². The van der Waals surface area contributed by atoms with Crippen LogP contribution in [0.1, 0.15) is 56.5 Å². The van der Waals surface area contributed by atoms with Crippen molar-refractivity contribution in [3.8, 4) is 22.6 Å². The topological polar surface area (TPSA) is 96.0 Å². The minimum absolute atomic E-state index is 0.0282. The van der Waals surface area contributed by atoms with Crippen LogP contribution >= 0.6 is 0 Å². The van der Waals surface area contributed by atoms with Gasteiger partial charge < -0.3 is 19.9 Å². The molecular formula is C31H33F3N6O2. The lowest BCUT2D eigenvalue weighted by Gasteiger charge is -2.32. The van der Waals surface area contributed by atoms with Crippen LogP contribution in [0.5, 0.6) is 0 Å². The highest BCUT2D eigenvalue weighted by Crippen LogP contribution is 2.37. The highest BCUT2D eigenvalue weighted by atomic mass is 19.4. The van der Waals surface area contributed by atoms with Crippen LogP contribution in [0.4, 0.5) is 23.9 Å². The highest BCUT2D eigenvalue weighted by molar-refractivity contribution is 5.77. The van der Waals surface area contributed by atoms with Crippen molar-refractivity contribution < 1.29 is 22.7 Å². The molecule has 0 aliphatic carbocycles. The number of hydrogen-bond acceptors (Lipinski definition) is 6. The molecular weight excluding hydrogens is 545 g/mol. The van der Waals surface area contributed by atoms with E-state index in [2.05, 4.69) is 20.3 Å². The molecule has 0 radical (unpaired) electrons. The number of piperidine rings is 1. The minimum atomic E-state index is -4.49. The molecule has 5 rings (SSSR count). The van der Waals surface area contributed by atoms with E-state index in [9.17, 15) is 18.0 Å². The number of ether oxygens (including phenoxy) is 1. The van der Waals surface area contributed by atoms with Gasteiger partial charge in [0.25, 0.3) is 0 Å². The minimum Gasteiger partial charge on any atom is -0.444 e. The van der Waals surface area contributed by atoms with Gasteiger partial charge in [0.05, 0.1) is 22.6 Å². The van der Waals surface area contributed by atoms with Gasteiger partial charge in [0.1, 0.15) is 11.4 Å². The average Bonchev–Trinajstić information content (AvgIpc) is 3.41. The number of amides is 1. The Morgan fingerprint density at radius 1 is 1.02 bits per heavy atom. The number of hydrogen-bond donors (Lipinski definition) is 2. The van der Waals surface area contributed by atoms with Crippen molar-refractivity contribution in [1.29, 1.82) is 0 Å². The summed E-state index contributed by atoms with van der Waals surface area (Å²) in [4.78, 5) is 31.4. The van der Waals surface area contributed by atoms with Crippen molar-refractivity contribution in [2.24, 2.45) is 0 Å². The van der Waals surface area contributed by atoms with E-state index in [1.807, 2.05) is 51.1 Å². The van der Waals surface area contributed by atoms with Gasteiger partial charge in [0.2, 0.25) is 5.95 Å². The van der Waals surface area contributed by atoms with Crippen LogP contribution in [0.15, 0.2) is 66.9 Å². The van der Waals surface area contributed by atoms with E-state index in [4.69, 9.17) is 9.72 Å². The van der Waals surface area contributed by atoms with Crippen LogP contribution in [0.2, 0.25) is 0 Å². The van der Waals surface area contributed by atoms with Crippen LogP contribution in [0.3, 0.4) is 0 Å². The lowest BCUT2D eigenvalue weighted by atomic mass is 9.96. The number of nitrogens with zero attached hydrogens (tertiary/aromatic N) is 4. The second-order valence-corrected chi connectivity index (χ2v) is 11.3. The van der Waals surface area contributed by atoms with Crippen molar-refractivity contribution in [3.05, 3.63) is 83.8 Å². The van der Waals surface area contributed by atoms with Gasteiger partial charge in [-0.05, 0) is 57.4 Å².